The van der Waals surface area contributed by atoms with E-state index in [4.69, 9.17) is 0 Å². The van der Waals surface area contributed by atoms with E-state index in [0.717, 1.165) is 6.08 Å². The summed E-state index contributed by atoms with van der Waals surface area (Å²) in [6, 6.07) is 1.29. The van der Waals surface area contributed by atoms with Crippen molar-refractivity contribution in [2.24, 2.45) is 0 Å². The van der Waals surface area contributed by atoms with E-state index in [-0.39, 0.29) is 0 Å². The molecular weight excluding hydrogens is 222 g/mol. The summed E-state index contributed by atoms with van der Waals surface area (Å²) in [7, 11) is 0. The van der Waals surface area contributed by atoms with Crippen molar-refractivity contribution >= 4 is 17.3 Å². The van der Waals surface area contributed by atoms with E-state index in [1.807, 2.05) is 5.32 Å². The van der Waals surface area contributed by atoms with Crippen molar-refractivity contribution in [3.8, 4) is 0 Å². The maximum Gasteiger partial charge on any atom is 0.331 e. The lowest BCUT2D eigenvalue weighted by molar-refractivity contribution is -0.386. The summed E-state index contributed by atoms with van der Waals surface area (Å²) in [6.07, 6.45) is 0.786. The average Bonchev–Trinajstić information content (AvgIpc) is 2.22. The molecule has 0 unspecified atom stereocenters. The molecule has 0 atom stereocenters. The lowest BCUT2D eigenvalue weighted by Crippen LogP contribution is -2.11. The van der Waals surface area contributed by atoms with Gasteiger partial charge in [-0.1, -0.05) is 6.58 Å². The molecule has 0 aliphatic carbocycles. The molecule has 1 rings (SSSR count). The standard InChI is InChI=1S/C9H6F2N2O3/c1-2-7(14)12-8-5(10)3-4-6(11)9(8)13(15)16/h2-4H,1H2,(H,12,14). The highest BCUT2D eigenvalue weighted by Crippen LogP contribution is 2.30. The first-order chi connectivity index (χ1) is 7.47. The molecule has 0 bridgehead atoms. The second kappa shape index (κ2) is 4.47. The van der Waals surface area contributed by atoms with Crippen LogP contribution in [0.3, 0.4) is 0 Å². The van der Waals surface area contributed by atoms with Crippen molar-refractivity contribution in [1.82, 2.24) is 0 Å². The fraction of sp³-hybridized carbons (Fsp3) is 0. The second-order valence-electron chi connectivity index (χ2n) is 2.70. The normalized spacial score (nSPS) is 9.62. The van der Waals surface area contributed by atoms with E-state index >= 15 is 0 Å². The van der Waals surface area contributed by atoms with Crippen LogP contribution in [0.25, 0.3) is 0 Å². The Hall–Kier alpha value is -2.31. The Kier molecular flexibility index (Phi) is 3.29. The van der Waals surface area contributed by atoms with Crippen molar-refractivity contribution in [1.29, 1.82) is 0 Å². The van der Waals surface area contributed by atoms with Crippen molar-refractivity contribution in [2.75, 3.05) is 5.32 Å². The van der Waals surface area contributed by atoms with Crippen LogP contribution in [0.2, 0.25) is 0 Å². The number of nitrogens with zero attached hydrogens (tertiary/aromatic N) is 1. The van der Waals surface area contributed by atoms with E-state index in [0.29, 0.717) is 12.1 Å². The Morgan fingerprint density at radius 1 is 1.44 bits per heavy atom. The predicted octanol–water partition coefficient (Wildman–Crippen LogP) is 2.00. The van der Waals surface area contributed by atoms with Gasteiger partial charge in [0.05, 0.1) is 4.92 Å². The third-order valence-corrected chi connectivity index (χ3v) is 1.69. The van der Waals surface area contributed by atoms with Crippen molar-refractivity contribution in [3.63, 3.8) is 0 Å². The average molecular weight is 228 g/mol. The summed E-state index contributed by atoms with van der Waals surface area (Å²) >= 11 is 0. The van der Waals surface area contributed by atoms with Crippen LogP contribution in [-0.2, 0) is 4.79 Å². The summed E-state index contributed by atoms with van der Waals surface area (Å²) in [5, 5.41) is 12.3. The highest BCUT2D eigenvalue weighted by atomic mass is 19.1. The smallest absolute Gasteiger partial charge is 0.314 e. The van der Waals surface area contributed by atoms with Crippen molar-refractivity contribution in [3.05, 3.63) is 46.5 Å². The summed E-state index contributed by atoms with van der Waals surface area (Å²) in [4.78, 5) is 20.3. The first kappa shape index (κ1) is 11.8. The molecule has 1 aromatic carbocycles. The van der Waals surface area contributed by atoms with Crippen LogP contribution in [0.1, 0.15) is 0 Å². The van der Waals surface area contributed by atoms with Gasteiger partial charge in [-0.25, -0.2) is 4.39 Å². The SMILES string of the molecule is C=CC(=O)Nc1c(F)ccc(F)c1[N+](=O)[O-]. The monoisotopic (exact) mass is 228 g/mol. The van der Waals surface area contributed by atoms with E-state index in [1.165, 1.54) is 0 Å². The van der Waals surface area contributed by atoms with Gasteiger partial charge in [-0.05, 0) is 18.2 Å². The molecule has 7 heteroatoms. The minimum Gasteiger partial charge on any atom is -0.314 e. The van der Waals surface area contributed by atoms with E-state index in [2.05, 4.69) is 6.58 Å². The van der Waals surface area contributed by atoms with Crippen molar-refractivity contribution < 1.29 is 18.5 Å². The zero-order chi connectivity index (χ0) is 12.3. The van der Waals surface area contributed by atoms with Crippen LogP contribution in [0.15, 0.2) is 24.8 Å². The summed E-state index contributed by atoms with van der Waals surface area (Å²) in [5.74, 6) is -3.19. The quantitative estimate of drug-likeness (QED) is 0.488. The predicted molar refractivity (Wildman–Crippen MR) is 51.8 cm³/mol. The first-order valence-corrected chi connectivity index (χ1v) is 4.03. The van der Waals surface area contributed by atoms with Gasteiger partial charge in [-0.15, -0.1) is 0 Å². The van der Waals surface area contributed by atoms with Crippen LogP contribution >= 0.6 is 0 Å². The zero-order valence-electron chi connectivity index (χ0n) is 7.87. The molecule has 1 N–H and O–H groups in total. The van der Waals surface area contributed by atoms with Crippen LogP contribution in [0, 0.1) is 21.7 Å². The summed E-state index contributed by atoms with van der Waals surface area (Å²) in [5.41, 5.74) is -1.93. The minimum atomic E-state index is -1.23. The molecule has 1 aromatic rings. The molecule has 0 radical (unpaired) electrons. The lowest BCUT2D eigenvalue weighted by atomic mass is 10.2. The van der Waals surface area contributed by atoms with Gasteiger partial charge >= 0.3 is 5.69 Å². The number of nitro benzene ring substituents is 1. The van der Waals surface area contributed by atoms with Gasteiger partial charge in [0.25, 0.3) is 0 Å². The maximum atomic E-state index is 13.2. The number of carbonyl (C=O) groups is 1. The molecule has 0 heterocycles. The molecule has 16 heavy (non-hydrogen) atoms. The Labute approximate surface area is 88.5 Å². The number of halogens is 2. The fourth-order valence-corrected chi connectivity index (χ4v) is 1.01. The largest absolute Gasteiger partial charge is 0.331 e. The zero-order valence-corrected chi connectivity index (χ0v) is 7.87. The Balaban J connectivity index is 3.34. The highest BCUT2D eigenvalue weighted by molar-refractivity contribution is 6.00. The van der Waals surface area contributed by atoms with Crippen LogP contribution in [0.5, 0.6) is 0 Å². The number of anilines is 1. The molecule has 0 aliphatic heterocycles. The van der Waals surface area contributed by atoms with Gasteiger partial charge in [-0.2, -0.15) is 4.39 Å². The lowest BCUT2D eigenvalue weighted by Gasteiger charge is -2.05. The number of hydrogen-bond acceptors (Lipinski definition) is 3. The van der Waals surface area contributed by atoms with Gasteiger partial charge < -0.3 is 5.32 Å². The number of rotatable bonds is 3. The third kappa shape index (κ3) is 2.19. The molecule has 0 aromatic heterocycles. The maximum absolute atomic E-state index is 13.2. The summed E-state index contributed by atoms with van der Waals surface area (Å²) < 4.78 is 26.2. The van der Waals surface area contributed by atoms with E-state index in [1.54, 1.807) is 0 Å². The van der Waals surface area contributed by atoms with Gasteiger partial charge in [0, 0.05) is 0 Å². The molecule has 0 fully saturated rings. The molecule has 5 nitrogen and oxygen atoms in total. The molecule has 0 saturated carbocycles. The minimum absolute atomic E-state index is 0.608. The molecule has 0 saturated heterocycles. The Morgan fingerprint density at radius 3 is 2.50 bits per heavy atom. The van der Waals surface area contributed by atoms with Gasteiger partial charge in [0.15, 0.2) is 11.5 Å². The first-order valence-electron chi connectivity index (χ1n) is 4.03. The highest BCUT2D eigenvalue weighted by Gasteiger charge is 2.24. The molecule has 84 valence electrons. The van der Waals surface area contributed by atoms with Crippen molar-refractivity contribution in [2.45, 2.75) is 0 Å². The number of nitro groups is 1. The Bertz CT molecular complexity index is 474. The van der Waals surface area contributed by atoms with Crippen LogP contribution < -0.4 is 5.32 Å². The van der Waals surface area contributed by atoms with Crippen LogP contribution in [-0.4, -0.2) is 10.8 Å². The number of nitrogens with one attached hydrogen (secondary N) is 1. The molecule has 0 aliphatic rings. The van der Waals surface area contributed by atoms with Gasteiger partial charge in [0.1, 0.15) is 0 Å². The van der Waals surface area contributed by atoms with E-state index in [9.17, 15) is 23.7 Å². The number of amides is 1. The number of carbonyl (C=O) groups excluding carboxylic acids is 1. The number of hydrogen-bond donors (Lipinski definition) is 1. The summed E-state index contributed by atoms with van der Waals surface area (Å²) in [6.45, 7) is 3.09. The van der Waals surface area contributed by atoms with E-state index < -0.39 is 33.8 Å². The fourth-order valence-electron chi connectivity index (χ4n) is 1.01. The molecular formula is C9H6F2N2O3. The van der Waals surface area contributed by atoms with Gasteiger partial charge in [-0.3, -0.25) is 14.9 Å². The van der Waals surface area contributed by atoms with Gasteiger partial charge in [0.2, 0.25) is 11.7 Å². The third-order valence-electron chi connectivity index (χ3n) is 1.69. The topological polar surface area (TPSA) is 72.2 Å². The number of benzene rings is 1. The molecule has 1 amide bonds. The second-order valence-corrected chi connectivity index (χ2v) is 2.70. The van der Waals surface area contributed by atoms with Crippen LogP contribution in [0.4, 0.5) is 20.2 Å². The molecule has 0 spiro atoms. The Morgan fingerprint density at radius 2 is 2.00 bits per heavy atom.